The minimum absolute atomic E-state index is 0.0678. The van der Waals surface area contributed by atoms with Crippen molar-refractivity contribution in [2.45, 2.75) is 39.3 Å². The van der Waals surface area contributed by atoms with Crippen LogP contribution in [0.5, 0.6) is 0 Å². The Balaban J connectivity index is 2.47. The van der Waals surface area contributed by atoms with Crippen molar-refractivity contribution in [1.82, 2.24) is 10.6 Å². The normalized spacial score (nSPS) is 13.2. The molecule has 18 heavy (non-hydrogen) atoms. The Labute approximate surface area is 108 Å². The first-order chi connectivity index (χ1) is 8.28. The minimum Gasteiger partial charge on any atom is -0.348 e. The lowest BCUT2D eigenvalue weighted by atomic mass is 10.1. The van der Waals surface area contributed by atoms with Gasteiger partial charge in [-0.2, -0.15) is 0 Å². The number of hydrogen-bond donors (Lipinski definition) is 2. The van der Waals surface area contributed by atoms with E-state index in [2.05, 4.69) is 10.6 Å². The van der Waals surface area contributed by atoms with Gasteiger partial charge in [0.2, 0.25) is 5.91 Å². The summed E-state index contributed by atoms with van der Waals surface area (Å²) >= 11 is 0. The molecule has 0 radical (unpaired) electrons. The molecule has 3 nitrogen and oxygen atoms in total. The first kappa shape index (κ1) is 14.6. The second-order valence-electron chi connectivity index (χ2n) is 5.44. The van der Waals surface area contributed by atoms with Crippen molar-refractivity contribution < 1.29 is 9.18 Å². The van der Waals surface area contributed by atoms with Crippen molar-refractivity contribution in [2.24, 2.45) is 0 Å². The highest BCUT2D eigenvalue weighted by Gasteiger charge is 2.13. The van der Waals surface area contributed by atoms with Crippen molar-refractivity contribution >= 4 is 5.91 Å². The fourth-order valence-corrected chi connectivity index (χ4v) is 1.47. The highest BCUT2D eigenvalue weighted by molar-refractivity contribution is 5.78. The zero-order valence-electron chi connectivity index (χ0n) is 11.4. The Morgan fingerprint density at radius 3 is 2.33 bits per heavy atom. The molecule has 1 atom stereocenters. The van der Waals surface area contributed by atoms with Gasteiger partial charge in [0, 0.05) is 5.54 Å². The molecule has 1 aromatic rings. The molecule has 0 aliphatic heterocycles. The second kappa shape index (κ2) is 5.96. The molecule has 0 aliphatic carbocycles. The fourth-order valence-electron chi connectivity index (χ4n) is 1.47. The van der Waals surface area contributed by atoms with E-state index >= 15 is 0 Å². The summed E-state index contributed by atoms with van der Waals surface area (Å²) in [5, 5.41) is 5.98. The Kier molecular flexibility index (Phi) is 4.84. The molecule has 0 bridgehead atoms. The average Bonchev–Trinajstić information content (AvgIpc) is 2.26. The number of carbonyl (C=O) groups excluding carboxylic acids is 1. The molecule has 0 fully saturated rings. The fraction of sp³-hybridized carbons (Fsp3) is 0.500. The monoisotopic (exact) mass is 252 g/mol. The summed E-state index contributed by atoms with van der Waals surface area (Å²) in [7, 11) is 0. The number of nitrogens with one attached hydrogen (secondary N) is 2. The molecule has 4 heteroatoms. The quantitative estimate of drug-likeness (QED) is 0.864. The van der Waals surface area contributed by atoms with Gasteiger partial charge in [0.25, 0.3) is 0 Å². The molecule has 0 aliphatic rings. The van der Waals surface area contributed by atoms with Gasteiger partial charge in [0.05, 0.1) is 12.6 Å². The molecule has 0 heterocycles. The number of hydrogen-bond acceptors (Lipinski definition) is 2. The Morgan fingerprint density at radius 1 is 1.28 bits per heavy atom. The zero-order chi connectivity index (χ0) is 13.8. The standard InChI is InChI=1S/C14H21FN2O/c1-10(11-5-7-12(15)8-6-11)17-13(18)9-16-14(2,3)4/h5-8,10,16H,9H2,1-4H3,(H,17,18)/t10-/m0/s1. The Bertz CT molecular complexity index is 395. The molecule has 100 valence electrons. The van der Waals surface area contributed by atoms with Crippen LogP contribution in [0.3, 0.4) is 0 Å². The zero-order valence-corrected chi connectivity index (χ0v) is 11.4. The molecule has 1 rings (SSSR count). The van der Waals surface area contributed by atoms with Crippen LogP contribution in [-0.2, 0) is 4.79 Å². The van der Waals surface area contributed by atoms with Crippen molar-refractivity contribution in [3.63, 3.8) is 0 Å². The van der Waals surface area contributed by atoms with Crippen molar-refractivity contribution in [3.8, 4) is 0 Å². The van der Waals surface area contributed by atoms with E-state index < -0.39 is 0 Å². The van der Waals surface area contributed by atoms with Crippen molar-refractivity contribution in [2.75, 3.05) is 6.54 Å². The topological polar surface area (TPSA) is 41.1 Å². The Hall–Kier alpha value is -1.42. The first-order valence-electron chi connectivity index (χ1n) is 6.08. The first-order valence-corrected chi connectivity index (χ1v) is 6.08. The maximum absolute atomic E-state index is 12.8. The van der Waals surface area contributed by atoms with Crippen LogP contribution in [0.2, 0.25) is 0 Å². The highest BCUT2D eigenvalue weighted by atomic mass is 19.1. The molecular weight excluding hydrogens is 231 g/mol. The van der Waals surface area contributed by atoms with E-state index in [0.717, 1.165) is 5.56 Å². The summed E-state index contributed by atoms with van der Waals surface area (Å²) in [6.07, 6.45) is 0. The van der Waals surface area contributed by atoms with Gasteiger partial charge < -0.3 is 10.6 Å². The highest BCUT2D eigenvalue weighted by Crippen LogP contribution is 2.12. The molecular formula is C14H21FN2O. The molecule has 1 amide bonds. The maximum atomic E-state index is 12.8. The lowest BCUT2D eigenvalue weighted by molar-refractivity contribution is -0.121. The maximum Gasteiger partial charge on any atom is 0.234 e. The number of benzene rings is 1. The number of rotatable bonds is 4. The van der Waals surface area contributed by atoms with E-state index in [0.29, 0.717) is 0 Å². The molecule has 1 aromatic carbocycles. The largest absolute Gasteiger partial charge is 0.348 e. The van der Waals surface area contributed by atoms with E-state index in [9.17, 15) is 9.18 Å². The minimum atomic E-state index is -0.272. The summed E-state index contributed by atoms with van der Waals surface area (Å²) in [6, 6.07) is 6.02. The molecule has 0 saturated carbocycles. The van der Waals surface area contributed by atoms with Gasteiger partial charge in [-0.1, -0.05) is 12.1 Å². The van der Waals surface area contributed by atoms with Crippen molar-refractivity contribution in [1.29, 1.82) is 0 Å². The summed E-state index contributed by atoms with van der Waals surface area (Å²) in [6.45, 7) is 8.16. The van der Waals surface area contributed by atoms with Gasteiger partial charge in [0.1, 0.15) is 5.82 Å². The van der Waals surface area contributed by atoms with Crippen molar-refractivity contribution in [3.05, 3.63) is 35.6 Å². The molecule has 0 aromatic heterocycles. The number of amides is 1. The van der Waals surface area contributed by atoms with Crippen LogP contribution >= 0.6 is 0 Å². The predicted octanol–water partition coefficient (Wildman–Crippen LogP) is 2.39. The third kappa shape index (κ3) is 5.27. The summed E-state index contributed by atoms with van der Waals surface area (Å²) in [5.74, 6) is -0.339. The van der Waals surface area contributed by atoms with Crippen LogP contribution < -0.4 is 10.6 Å². The van der Waals surface area contributed by atoms with Gasteiger partial charge in [0.15, 0.2) is 0 Å². The van der Waals surface area contributed by atoms with E-state index in [1.807, 2.05) is 27.7 Å². The van der Waals surface area contributed by atoms with E-state index in [1.54, 1.807) is 12.1 Å². The summed E-state index contributed by atoms with van der Waals surface area (Å²) < 4.78 is 12.8. The van der Waals surface area contributed by atoms with Gasteiger partial charge >= 0.3 is 0 Å². The van der Waals surface area contributed by atoms with E-state index in [1.165, 1.54) is 12.1 Å². The van der Waals surface area contributed by atoms with Gasteiger partial charge in [-0.25, -0.2) is 4.39 Å². The Morgan fingerprint density at radius 2 is 1.83 bits per heavy atom. The summed E-state index contributed by atoms with van der Waals surface area (Å²) in [4.78, 5) is 11.7. The smallest absolute Gasteiger partial charge is 0.234 e. The average molecular weight is 252 g/mol. The van der Waals surface area contributed by atoms with Crippen LogP contribution in [-0.4, -0.2) is 18.0 Å². The number of carbonyl (C=O) groups is 1. The van der Waals surface area contributed by atoms with Gasteiger partial charge in [-0.15, -0.1) is 0 Å². The molecule has 0 saturated heterocycles. The van der Waals surface area contributed by atoms with Crippen LogP contribution in [0, 0.1) is 5.82 Å². The van der Waals surface area contributed by atoms with Crippen LogP contribution in [0.15, 0.2) is 24.3 Å². The van der Waals surface area contributed by atoms with Crippen LogP contribution in [0.25, 0.3) is 0 Å². The SMILES string of the molecule is C[C@H](NC(=O)CNC(C)(C)C)c1ccc(F)cc1. The van der Waals surface area contributed by atoms with Gasteiger partial charge in [-0.05, 0) is 45.4 Å². The second-order valence-corrected chi connectivity index (χ2v) is 5.44. The third-order valence-corrected chi connectivity index (χ3v) is 2.53. The lowest BCUT2D eigenvalue weighted by Crippen LogP contribution is -2.43. The lowest BCUT2D eigenvalue weighted by Gasteiger charge is -2.21. The van der Waals surface area contributed by atoms with Crippen LogP contribution in [0.4, 0.5) is 4.39 Å². The van der Waals surface area contributed by atoms with E-state index in [-0.39, 0.29) is 29.8 Å². The van der Waals surface area contributed by atoms with E-state index in [4.69, 9.17) is 0 Å². The third-order valence-electron chi connectivity index (χ3n) is 2.53. The summed E-state index contributed by atoms with van der Waals surface area (Å²) in [5.41, 5.74) is 0.803. The molecule has 0 spiro atoms. The number of halogens is 1. The van der Waals surface area contributed by atoms with Gasteiger partial charge in [-0.3, -0.25) is 4.79 Å². The van der Waals surface area contributed by atoms with Crippen LogP contribution in [0.1, 0.15) is 39.3 Å². The molecule has 2 N–H and O–H groups in total. The molecule has 0 unspecified atom stereocenters. The predicted molar refractivity (Wildman–Crippen MR) is 70.7 cm³/mol.